The molecule has 1 aromatic rings. The van der Waals surface area contributed by atoms with E-state index in [2.05, 4.69) is 5.32 Å². The van der Waals surface area contributed by atoms with Gasteiger partial charge >= 0.3 is 5.97 Å². The van der Waals surface area contributed by atoms with Crippen LogP contribution in [0.3, 0.4) is 0 Å². The third kappa shape index (κ3) is 4.18. The number of benzene rings is 1. The molecule has 1 amide bonds. The molecule has 0 saturated heterocycles. The zero-order valence-electron chi connectivity index (χ0n) is 10.2. The quantitative estimate of drug-likeness (QED) is 0.696. The molecule has 5 nitrogen and oxygen atoms in total. The van der Waals surface area contributed by atoms with Crippen molar-refractivity contribution in [1.29, 1.82) is 0 Å². The fourth-order valence-electron chi connectivity index (χ4n) is 1.50. The Labute approximate surface area is 105 Å². The first-order valence-corrected chi connectivity index (χ1v) is 5.76. The van der Waals surface area contributed by atoms with E-state index in [9.17, 15) is 9.59 Å². The fraction of sp³-hybridized carbons (Fsp3) is 0.385. The van der Waals surface area contributed by atoms with Gasteiger partial charge in [-0.05, 0) is 12.5 Å². The van der Waals surface area contributed by atoms with Crippen LogP contribution in [0.5, 0.6) is 0 Å². The van der Waals surface area contributed by atoms with E-state index >= 15 is 0 Å². The molecule has 1 aromatic carbocycles. The number of carboxylic acid groups (broad SMARTS) is 1. The van der Waals surface area contributed by atoms with Gasteiger partial charge in [0.25, 0.3) is 0 Å². The molecular formula is C13H17NO4. The molecule has 3 N–H and O–H groups in total. The van der Waals surface area contributed by atoms with Crippen molar-refractivity contribution in [1.82, 2.24) is 5.32 Å². The van der Waals surface area contributed by atoms with Crippen LogP contribution in [0.4, 0.5) is 0 Å². The van der Waals surface area contributed by atoms with Crippen molar-refractivity contribution in [3.8, 4) is 0 Å². The van der Waals surface area contributed by atoms with Gasteiger partial charge < -0.3 is 15.5 Å². The molecule has 0 aliphatic heterocycles. The summed E-state index contributed by atoms with van der Waals surface area (Å²) >= 11 is 0. The van der Waals surface area contributed by atoms with E-state index in [0.29, 0.717) is 0 Å². The molecule has 0 saturated carbocycles. The number of amides is 1. The highest BCUT2D eigenvalue weighted by molar-refractivity contribution is 5.83. The molecule has 18 heavy (non-hydrogen) atoms. The standard InChI is InChI=1S/C13H17NO4/c1-9(10-5-3-2-4-6-10)12(16)14-8-7-11(15)13(17)18/h2-6,9,11,15H,7-8H2,1H3,(H,14,16)(H,17,18). The Hall–Kier alpha value is -1.88. The second-order valence-corrected chi connectivity index (χ2v) is 4.07. The number of aliphatic carboxylic acids is 1. The average Bonchev–Trinajstić information content (AvgIpc) is 2.38. The van der Waals surface area contributed by atoms with Crippen LogP contribution in [0, 0.1) is 0 Å². The predicted octanol–water partition coefficient (Wildman–Crippen LogP) is 0.742. The van der Waals surface area contributed by atoms with Gasteiger partial charge in [0.1, 0.15) is 0 Å². The number of aliphatic hydroxyl groups is 1. The highest BCUT2D eigenvalue weighted by atomic mass is 16.4. The van der Waals surface area contributed by atoms with E-state index in [1.54, 1.807) is 6.92 Å². The van der Waals surface area contributed by atoms with Crippen molar-refractivity contribution in [3.05, 3.63) is 35.9 Å². The summed E-state index contributed by atoms with van der Waals surface area (Å²) in [4.78, 5) is 22.1. The Balaban J connectivity index is 2.40. The molecule has 0 spiro atoms. The van der Waals surface area contributed by atoms with Crippen molar-refractivity contribution in [3.63, 3.8) is 0 Å². The van der Waals surface area contributed by atoms with Gasteiger partial charge in [-0.15, -0.1) is 0 Å². The number of hydrogen-bond donors (Lipinski definition) is 3. The van der Waals surface area contributed by atoms with Gasteiger partial charge in [-0.1, -0.05) is 30.3 Å². The number of carboxylic acids is 1. The van der Waals surface area contributed by atoms with Gasteiger partial charge in [0.05, 0.1) is 5.92 Å². The summed E-state index contributed by atoms with van der Waals surface area (Å²) < 4.78 is 0. The third-order valence-electron chi connectivity index (χ3n) is 2.69. The van der Waals surface area contributed by atoms with E-state index in [-0.39, 0.29) is 24.8 Å². The van der Waals surface area contributed by atoms with Crippen molar-refractivity contribution in [2.75, 3.05) is 6.54 Å². The van der Waals surface area contributed by atoms with Gasteiger partial charge in [0.2, 0.25) is 5.91 Å². The topological polar surface area (TPSA) is 86.6 Å². The first kappa shape index (κ1) is 14.2. The molecule has 0 fully saturated rings. The van der Waals surface area contributed by atoms with Crippen LogP contribution in [0.1, 0.15) is 24.8 Å². The second kappa shape index (κ2) is 6.76. The lowest BCUT2D eigenvalue weighted by atomic mass is 10.0. The van der Waals surface area contributed by atoms with Crippen LogP contribution >= 0.6 is 0 Å². The number of nitrogens with one attached hydrogen (secondary N) is 1. The van der Waals surface area contributed by atoms with Crippen LogP contribution in [-0.4, -0.2) is 34.7 Å². The summed E-state index contributed by atoms with van der Waals surface area (Å²) in [6, 6.07) is 9.30. The SMILES string of the molecule is CC(C(=O)NCCC(O)C(=O)O)c1ccccc1. The summed E-state index contributed by atoms with van der Waals surface area (Å²) in [7, 11) is 0. The van der Waals surface area contributed by atoms with Crippen LogP contribution in [0.25, 0.3) is 0 Å². The summed E-state index contributed by atoms with van der Waals surface area (Å²) in [5, 5.41) is 20.1. The van der Waals surface area contributed by atoms with Crippen LogP contribution < -0.4 is 5.32 Å². The second-order valence-electron chi connectivity index (χ2n) is 4.07. The van der Waals surface area contributed by atoms with Crippen molar-refractivity contribution < 1.29 is 19.8 Å². The molecular weight excluding hydrogens is 234 g/mol. The lowest BCUT2D eigenvalue weighted by Crippen LogP contribution is -2.32. The summed E-state index contributed by atoms with van der Waals surface area (Å²) in [6.07, 6.45) is -1.43. The zero-order chi connectivity index (χ0) is 13.5. The molecule has 2 atom stereocenters. The maximum Gasteiger partial charge on any atom is 0.332 e. The van der Waals surface area contributed by atoms with E-state index < -0.39 is 12.1 Å². The lowest BCUT2D eigenvalue weighted by molar-refractivity contribution is -0.147. The minimum Gasteiger partial charge on any atom is -0.479 e. The summed E-state index contributed by atoms with van der Waals surface area (Å²) in [5.41, 5.74) is 0.897. The van der Waals surface area contributed by atoms with Gasteiger partial charge in [-0.25, -0.2) is 4.79 Å². The smallest absolute Gasteiger partial charge is 0.332 e. The van der Waals surface area contributed by atoms with Crippen molar-refractivity contribution >= 4 is 11.9 Å². The van der Waals surface area contributed by atoms with Crippen molar-refractivity contribution in [2.45, 2.75) is 25.4 Å². The van der Waals surface area contributed by atoms with Crippen molar-refractivity contribution in [2.24, 2.45) is 0 Å². The third-order valence-corrected chi connectivity index (χ3v) is 2.69. The molecule has 0 bridgehead atoms. The van der Waals surface area contributed by atoms with Gasteiger partial charge in [0.15, 0.2) is 6.10 Å². The molecule has 0 heterocycles. The van der Waals surface area contributed by atoms with Gasteiger partial charge in [-0.3, -0.25) is 4.79 Å². The highest BCUT2D eigenvalue weighted by Crippen LogP contribution is 2.14. The molecule has 5 heteroatoms. The van der Waals surface area contributed by atoms with E-state index in [1.165, 1.54) is 0 Å². The molecule has 0 aromatic heterocycles. The number of aliphatic hydroxyl groups excluding tert-OH is 1. The lowest BCUT2D eigenvalue weighted by Gasteiger charge is -2.13. The van der Waals surface area contributed by atoms with Crippen LogP contribution in [0.2, 0.25) is 0 Å². The Kier molecular flexibility index (Phi) is 5.32. The first-order valence-electron chi connectivity index (χ1n) is 5.76. The maximum absolute atomic E-state index is 11.8. The Bertz CT molecular complexity index is 405. The van der Waals surface area contributed by atoms with E-state index in [1.807, 2.05) is 30.3 Å². The Morgan fingerprint density at radius 2 is 1.89 bits per heavy atom. The van der Waals surface area contributed by atoms with Crippen LogP contribution in [-0.2, 0) is 9.59 Å². The number of hydrogen-bond acceptors (Lipinski definition) is 3. The number of rotatable bonds is 6. The van der Waals surface area contributed by atoms with E-state index in [0.717, 1.165) is 5.56 Å². The van der Waals surface area contributed by atoms with Gasteiger partial charge in [-0.2, -0.15) is 0 Å². The van der Waals surface area contributed by atoms with Crippen LogP contribution in [0.15, 0.2) is 30.3 Å². The van der Waals surface area contributed by atoms with Gasteiger partial charge in [0, 0.05) is 13.0 Å². The normalized spacial score (nSPS) is 13.7. The monoisotopic (exact) mass is 251 g/mol. The molecule has 1 rings (SSSR count). The average molecular weight is 251 g/mol. The molecule has 98 valence electrons. The van der Waals surface area contributed by atoms with E-state index in [4.69, 9.17) is 10.2 Å². The minimum atomic E-state index is -1.43. The first-order chi connectivity index (χ1) is 8.52. The summed E-state index contributed by atoms with van der Waals surface area (Å²) in [5.74, 6) is -1.76. The molecule has 0 radical (unpaired) electrons. The maximum atomic E-state index is 11.8. The molecule has 0 aliphatic carbocycles. The Morgan fingerprint density at radius 1 is 1.28 bits per heavy atom. The number of carbonyl (C=O) groups is 2. The largest absolute Gasteiger partial charge is 0.479 e. The molecule has 0 aliphatic rings. The summed E-state index contributed by atoms with van der Waals surface area (Å²) in [6.45, 7) is 1.92. The Morgan fingerprint density at radius 3 is 2.44 bits per heavy atom. The zero-order valence-corrected chi connectivity index (χ0v) is 10.2. The highest BCUT2D eigenvalue weighted by Gasteiger charge is 2.16. The number of carbonyl (C=O) groups excluding carboxylic acids is 1. The minimum absolute atomic E-state index is 0.00256. The molecule has 2 unspecified atom stereocenters. The predicted molar refractivity (Wildman–Crippen MR) is 66.1 cm³/mol. The fourth-order valence-corrected chi connectivity index (χ4v) is 1.50.